The number of ether oxygens (including phenoxy) is 2. The average Bonchev–Trinajstić information content (AvgIpc) is 3.23. The van der Waals surface area contributed by atoms with Crippen molar-refractivity contribution in [1.29, 1.82) is 0 Å². The van der Waals surface area contributed by atoms with Crippen LogP contribution in [0.25, 0.3) is 11.5 Å². The van der Waals surface area contributed by atoms with Gasteiger partial charge in [0, 0.05) is 19.2 Å². The number of aryl methyl sites for hydroxylation is 1. The van der Waals surface area contributed by atoms with Crippen LogP contribution in [-0.2, 0) is 6.54 Å². The Bertz CT molecular complexity index is 1100. The quantitative estimate of drug-likeness (QED) is 0.667. The molecular formula is C22H25FN6O3. The molecule has 0 saturated carbocycles. The Morgan fingerprint density at radius 2 is 2.16 bits per heavy atom. The smallest absolute Gasteiger partial charge is 0.260 e. The van der Waals surface area contributed by atoms with E-state index in [1.165, 1.54) is 12.1 Å². The lowest BCUT2D eigenvalue weighted by molar-refractivity contribution is 0.102. The molecule has 1 aliphatic rings. The van der Waals surface area contributed by atoms with Crippen molar-refractivity contribution in [2.24, 2.45) is 0 Å². The van der Waals surface area contributed by atoms with Gasteiger partial charge in [-0.15, -0.1) is 10.2 Å². The summed E-state index contributed by atoms with van der Waals surface area (Å²) >= 11 is 0. The minimum atomic E-state index is -0.578. The van der Waals surface area contributed by atoms with Crippen LogP contribution in [0.5, 0.6) is 11.5 Å². The number of nitrogens with zero attached hydrogens (tertiary/aromatic N) is 5. The molecule has 0 spiro atoms. The molecule has 168 valence electrons. The van der Waals surface area contributed by atoms with Crippen LogP contribution in [0.4, 0.5) is 10.2 Å². The maximum absolute atomic E-state index is 14.6. The third-order valence-corrected chi connectivity index (χ3v) is 4.96. The number of carbonyl (C=O) groups excluding carboxylic acids is 1. The Morgan fingerprint density at radius 1 is 1.28 bits per heavy atom. The monoisotopic (exact) mass is 440 g/mol. The maximum Gasteiger partial charge on any atom is 0.260 e. The molecule has 2 aromatic heterocycles. The number of aromatic nitrogens is 4. The fourth-order valence-corrected chi connectivity index (χ4v) is 3.28. The summed E-state index contributed by atoms with van der Waals surface area (Å²) < 4.78 is 27.9. The Kier molecular flexibility index (Phi) is 6.60. The largest absolute Gasteiger partial charge is 0.493 e. The number of amides is 1. The zero-order valence-corrected chi connectivity index (χ0v) is 18.0. The van der Waals surface area contributed by atoms with E-state index in [0.717, 1.165) is 6.42 Å². The Labute approximate surface area is 185 Å². The highest BCUT2D eigenvalue weighted by Crippen LogP contribution is 2.29. The van der Waals surface area contributed by atoms with E-state index in [1.54, 1.807) is 18.5 Å². The number of carbonyl (C=O) groups is 1. The minimum Gasteiger partial charge on any atom is -0.493 e. The van der Waals surface area contributed by atoms with Gasteiger partial charge in [0.1, 0.15) is 30.2 Å². The number of halogens is 1. The third kappa shape index (κ3) is 5.02. The predicted molar refractivity (Wildman–Crippen MR) is 116 cm³/mol. The summed E-state index contributed by atoms with van der Waals surface area (Å²) in [6, 6.07) is 7.84. The molecule has 0 radical (unpaired) electrons. The molecule has 9 nitrogen and oxygen atoms in total. The molecule has 1 amide bonds. The van der Waals surface area contributed by atoms with Crippen molar-refractivity contribution in [3.8, 4) is 23.0 Å². The summed E-state index contributed by atoms with van der Waals surface area (Å²) in [6.45, 7) is 1.92. The summed E-state index contributed by atoms with van der Waals surface area (Å²) in [4.78, 5) is 19.5. The van der Waals surface area contributed by atoms with Crippen LogP contribution in [0.2, 0.25) is 0 Å². The van der Waals surface area contributed by atoms with Crippen LogP contribution in [0.15, 0.2) is 36.7 Å². The van der Waals surface area contributed by atoms with Crippen LogP contribution in [-0.4, -0.2) is 64.4 Å². The summed E-state index contributed by atoms with van der Waals surface area (Å²) in [7, 11) is 3.79. The standard InChI is InChI=1S/C22H25FN6O3/c1-28(2)9-11-32-19-12-15-18(13-16(19)23)31-10-4-3-8-29-14-24-27-21(29)17-6-5-7-20(25-17)26-22(15)30/h5-7,12-14H,3-4,8-11H2,1-2H3,(H,25,26,30). The topological polar surface area (TPSA) is 94.4 Å². The Balaban J connectivity index is 1.66. The first kappa shape index (κ1) is 21.7. The van der Waals surface area contributed by atoms with E-state index in [1.807, 2.05) is 29.6 Å². The molecule has 3 aromatic rings. The molecule has 0 atom stereocenters. The molecule has 10 heteroatoms. The van der Waals surface area contributed by atoms with Crippen LogP contribution in [0.1, 0.15) is 23.2 Å². The minimum absolute atomic E-state index is 0.000257. The second kappa shape index (κ2) is 9.73. The second-order valence-corrected chi connectivity index (χ2v) is 7.70. The molecule has 0 unspecified atom stereocenters. The number of nitrogens with one attached hydrogen (secondary N) is 1. The van der Waals surface area contributed by atoms with Crippen molar-refractivity contribution < 1.29 is 18.7 Å². The van der Waals surface area contributed by atoms with Crippen molar-refractivity contribution in [1.82, 2.24) is 24.6 Å². The molecule has 4 rings (SSSR count). The molecule has 3 heterocycles. The number of rotatable bonds is 4. The number of hydrogen-bond acceptors (Lipinski definition) is 7. The molecule has 2 bridgehead atoms. The lowest BCUT2D eigenvalue weighted by Crippen LogP contribution is -2.20. The first-order valence-corrected chi connectivity index (χ1v) is 10.4. The fourth-order valence-electron chi connectivity index (χ4n) is 3.28. The number of anilines is 1. The van der Waals surface area contributed by atoms with Gasteiger partial charge in [-0.1, -0.05) is 6.07 Å². The molecule has 32 heavy (non-hydrogen) atoms. The maximum atomic E-state index is 14.6. The van der Waals surface area contributed by atoms with Crippen molar-refractivity contribution >= 4 is 11.7 Å². The van der Waals surface area contributed by atoms with E-state index in [2.05, 4.69) is 20.5 Å². The van der Waals surface area contributed by atoms with E-state index in [9.17, 15) is 9.18 Å². The first-order valence-electron chi connectivity index (χ1n) is 10.4. The van der Waals surface area contributed by atoms with Crippen LogP contribution in [0, 0.1) is 5.82 Å². The number of pyridine rings is 1. The van der Waals surface area contributed by atoms with Gasteiger partial charge in [0.05, 0.1) is 12.2 Å². The summed E-state index contributed by atoms with van der Waals surface area (Å²) in [5.74, 6) is 0.0762. The number of benzene rings is 1. The van der Waals surface area contributed by atoms with E-state index >= 15 is 0 Å². The van der Waals surface area contributed by atoms with Crippen LogP contribution in [0.3, 0.4) is 0 Å². The molecule has 1 aromatic carbocycles. The van der Waals surface area contributed by atoms with Crippen molar-refractivity contribution in [3.63, 3.8) is 0 Å². The highest BCUT2D eigenvalue weighted by Gasteiger charge is 2.20. The second-order valence-electron chi connectivity index (χ2n) is 7.70. The third-order valence-electron chi connectivity index (χ3n) is 4.96. The molecule has 0 fully saturated rings. The van der Waals surface area contributed by atoms with Crippen LogP contribution < -0.4 is 14.8 Å². The van der Waals surface area contributed by atoms with Gasteiger partial charge in [-0.25, -0.2) is 9.37 Å². The average molecular weight is 440 g/mol. The van der Waals surface area contributed by atoms with E-state index in [4.69, 9.17) is 9.47 Å². The lowest BCUT2D eigenvalue weighted by atomic mass is 10.1. The van der Waals surface area contributed by atoms with Gasteiger partial charge in [-0.05, 0) is 45.1 Å². The van der Waals surface area contributed by atoms with Gasteiger partial charge in [0.15, 0.2) is 17.4 Å². The van der Waals surface area contributed by atoms with E-state index < -0.39 is 11.7 Å². The van der Waals surface area contributed by atoms with Gasteiger partial charge in [0.2, 0.25) is 0 Å². The summed E-state index contributed by atoms with van der Waals surface area (Å²) in [5, 5.41) is 10.9. The highest BCUT2D eigenvalue weighted by molar-refractivity contribution is 6.06. The van der Waals surface area contributed by atoms with Crippen LogP contribution >= 0.6 is 0 Å². The van der Waals surface area contributed by atoms with Gasteiger partial charge in [0.25, 0.3) is 5.91 Å². The van der Waals surface area contributed by atoms with Crippen molar-refractivity contribution in [2.75, 3.05) is 39.2 Å². The Hall–Kier alpha value is -3.53. The molecule has 1 aliphatic heterocycles. The van der Waals surface area contributed by atoms with Gasteiger partial charge in [-0.3, -0.25) is 4.79 Å². The number of likely N-dealkylation sites (N-methyl/N-ethyl adjacent to an activating group) is 1. The first-order chi connectivity index (χ1) is 15.5. The number of fused-ring (bicyclic) bond motifs is 5. The molecule has 0 saturated heterocycles. The van der Waals surface area contributed by atoms with Gasteiger partial charge < -0.3 is 24.3 Å². The summed E-state index contributed by atoms with van der Waals surface area (Å²) in [5.41, 5.74) is 0.777. The lowest BCUT2D eigenvalue weighted by Gasteiger charge is -2.16. The normalized spacial score (nSPS) is 14.1. The highest BCUT2D eigenvalue weighted by atomic mass is 19.1. The van der Waals surface area contributed by atoms with Gasteiger partial charge >= 0.3 is 0 Å². The predicted octanol–water partition coefficient (Wildman–Crippen LogP) is 2.84. The summed E-state index contributed by atoms with van der Waals surface area (Å²) in [6.07, 6.45) is 3.15. The van der Waals surface area contributed by atoms with E-state index in [0.29, 0.717) is 43.5 Å². The zero-order valence-electron chi connectivity index (χ0n) is 18.0. The zero-order chi connectivity index (χ0) is 22.5. The fraction of sp³-hybridized carbons (Fsp3) is 0.364. The van der Waals surface area contributed by atoms with Crippen molar-refractivity contribution in [3.05, 3.63) is 48.0 Å². The number of hydrogen-bond donors (Lipinski definition) is 1. The molecule has 0 aliphatic carbocycles. The SMILES string of the molecule is CN(C)CCOc1cc2c(cc1F)OCCCCn1cnnc1-c1cccc(n1)NC2=O. The van der Waals surface area contributed by atoms with Crippen molar-refractivity contribution in [2.45, 2.75) is 19.4 Å². The van der Waals surface area contributed by atoms with E-state index in [-0.39, 0.29) is 23.7 Å². The molecular weight excluding hydrogens is 415 g/mol. The Morgan fingerprint density at radius 3 is 3.00 bits per heavy atom. The molecule has 1 N–H and O–H groups in total. The van der Waals surface area contributed by atoms with Gasteiger partial charge in [-0.2, -0.15) is 0 Å².